The summed E-state index contributed by atoms with van der Waals surface area (Å²) in [7, 11) is 0. The number of amides is 1. The van der Waals surface area contributed by atoms with Crippen LogP contribution in [-0.2, 0) is 0 Å². The number of nitrogens with zero attached hydrogens (tertiary/aromatic N) is 3. The second-order valence-electron chi connectivity index (χ2n) is 6.57. The summed E-state index contributed by atoms with van der Waals surface area (Å²) in [5.41, 5.74) is 3.08. The Kier molecular flexibility index (Phi) is 5.18. The number of anilines is 1. The van der Waals surface area contributed by atoms with Crippen LogP contribution >= 0.6 is 0 Å². The quantitative estimate of drug-likeness (QED) is 0.910. The zero-order valence-electron chi connectivity index (χ0n) is 14.0. The second kappa shape index (κ2) is 7.32. The molecular weight excluding hydrogens is 290 g/mol. The Bertz CT molecular complexity index is 547. The number of carbonyl (C=O) groups is 1. The first kappa shape index (κ1) is 16.3. The molecule has 5 heteroatoms. The molecule has 1 amide bonds. The molecule has 2 heterocycles. The van der Waals surface area contributed by atoms with E-state index < -0.39 is 0 Å². The van der Waals surface area contributed by atoms with Crippen molar-refractivity contribution in [2.24, 2.45) is 0 Å². The summed E-state index contributed by atoms with van der Waals surface area (Å²) in [6.45, 7) is 8.20. The van der Waals surface area contributed by atoms with E-state index in [0.717, 1.165) is 56.1 Å². The first-order valence-electron chi connectivity index (χ1n) is 8.67. The van der Waals surface area contributed by atoms with Gasteiger partial charge < -0.3 is 14.9 Å². The largest absolute Gasteiger partial charge is 0.395 e. The minimum absolute atomic E-state index is 0.152. The van der Waals surface area contributed by atoms with Crippen LogP contribution in [0.1, 0.15) is 28.8 Å². The van der Waals surface area contributed by atoms with Gasteiger partial charge in [0, 0.05) is 51.5 Å². The van der Waals surface area contributed by atoms with E-state index in [4.69, 9.17) is 5.11 Å². The monoisotopic (exact) mass is 317 g/mol. The van der Waals surface area contributed by atoms with Gasteiger partial charge in [0.05, 0.1) is 12.2 Å². The average Bonchev–Trinajstić information content (AvgIpc) is 3.09. The Hall–Kier alpha value is -1.59. The van der Waals surface area contributed by atoms with E-state index >= 15 is 0 Å². The Balaban J connectivity index is 1.75. The number of hydrogen-bond donors (Lipinski definition) is 1. The maximum Gasteiger partial charge on any atom is 0.256 e. The highest BCUT2D eigenvalue weighted by Crippen LogP contribution is 2.27. The minimum Gasteiger partial charge on any atom is -0.395 e. The first-order valence-corrected chi connectivity index (χ1v) is 8.67. The van der Waals surface area contributed by atoms with E-state index in [2.05, 4.69) is 21.9 Å². The van der Waals surface area contributed by atoms with Crippen LogP contribution in [0.25, 0.3) is 0 Å². The summed E-state index contributed by atoms with van der Waals surface area (Å²) in [6, 6.07) is 6.25. The third kappa shape index (κ3) is 3.67. The van der Waals surface area contributed by atoms with Gasteiger partial charge in [-0.25, -0.2) is 0 Å². The number of aryl methyl sites for hydroxylation is 1. The number of benzene rings is 1. The van der Waals surface area contributed by atoms with Crippen LogP contribution in [-0.4, -0.2) is 73.2 Å². The predicted molar refractivity (Wildman–Crippen MR) is 92.1 cm³/mol. The lowest BCUT2D eigenvalue weighted by Crippen LogP contribution is -2.49. The maximum atomic E-state index is 13.0. The lowest BCUT2D eigenvalue weighted by molar-refractivity contribution is 0.0615. The highest BCUT2D eigenvalue weighted by atomic mass is 16.3. The number of β-amino-alcohol motifs (C(OH)–C–C–N with tert-alkyl or cyclic N) is 1. The summed E-state index contributed by atoms with van der Waals surface area (Å²) in [5.74, 6) is 0.152. The Morgan fingerprint density at radius 3 is 2.43 bits per heavy atom. The third-order valence-electron chi connectivity index (χ3n) is 4.90. The molecule has 1 aromatic carbocycles. The molecule has 0 aliphatic carbocycles. The molecule has 1 N–H and O–H groups in total. The van der Waals surface area contributed by atoms with Gasteiger partial charge in [-0.2, -0.15) is 0 Å². The fourth-order valence-corrected chi connectivity index (χ4v) is 3.54. The summed E-state index contributed by atoms with van der Waals surface area (Å²) in [5, 5.41) is 9.03. The lowest BCUT2D eigenvalue weighted by atomic mass is 10.1. The standard InChI is InChI=1S/C18H27N3O2/c1-15-4-5-17(20-6-2-3-7-20)16(14-15)18(23)21-10-8-19(9-11-21)12-13-22/h4-5,14,22H,2-3,6-13H2,1H3. The van der Waals surface area contributed by atoms with Gasteiger partial charge in [-0.3, -0.25) is 9.69 Å². The maximum absolute atomic E-state index is 13.0. The molecule has 0 unspecified atom stereocenters. The van der Waals surface area contributed by atoms with Crippen molar-refractivity contribution in [3.63, 3.8) is 0 Å². The lowest BCUT2D eigenvalue weighted by Gasteiger charge is -2.35. The molecule has 0 spiro atoms. The molecule has 0 radical (unpaired) electrons. The molecule has 2 fully saturated rings. The van der Waals surface area contributed by atoms with Crippen molar-refractivity contribution in [1.82, 2.24) is 9.80 Å². The molecule has 0 aromatic heterocycles. The van der Waals surface area contributed by atoms with Gasteiger partial charge in [-0.1, -0.05) is 11.6 Å². The van der Waals surface area contributed by atoms with Crippen LogP contribution < -0.4 is 4.90 Å². The Morgan fingerprint density at radius 2 is 1.78 bits per heavy atom. The normalized spacial score (nSPS) is 19.4. The van der Waals surface area contributed by atoms with Crippen molar-refractivity contribution in [3.8, 4) is 0 Å². The molecule has 23 heavy (non-hydrogen) atoms. The van der Waals surface area contributed by atoms with Crippen molar-refractivity contribution in [1.29, 1.82) is 0 Å². The summed E-state index contributed by atoms with van der Waals surface area (Å²) in [4.78, 5) is 19.5. The van der Waals surface area contributed by atoms with Crippen molar-refractivity contribution in [2.45, 2.75) is 19.8 Å². The summed E-state index contributed by atoms with van der Waals surface area (Å²) < 4.78 is 0. The Labute approximate surface area is 138 Å². The highest BCUT2D eigenvalue weighted by Gasteiger charge is 2.26. The summed E-state index contributed by atoms with van der Waals surface area (Å²) in [6.07, 6.45) is 2.42. The van der Waals surface area contributed by atoms with E-state index in [1.165, 1.54) is 12.8 Å². The number of aliphatic hydroxyl groups excluding tert-OH is 1. The number of rotatable bonds is 4. The fraction of sp³-hybridized carbons (Fsp3) is 0.611. The molecule has 2 aliphatic heterocycles. The topological polar surface area (TPSA) is 47.0 Å². The number of aliphatic hydroxyl groups is 1. The van der Waals surface area contributed by atoms with E-state index in [9.17, 15) is 4.79 Å². The molecule has 2 saturated heterocycles. The predicted octanol–water partition coefficient (Wildman–Crippen LogP) is 1.35. The molecule has 1 aromatic rings. The molecule has 2 aliphatic rings. The minimum atomic E-state index is 0.152. The summed E-state index contributed by atoms with van der Waals surface area (Å²) >= 11 is 0. The van der Waals surface area contributed by atoms with Crippen LogP contribution in [0.4, 0.5) is 5.69 Å². The van der Waals surface area contributed by atoms with Gasteiger partial charge in [0.2, 0.25) is 0 Å². The molecule has 0 atom stereocenters. The van der Waals surface area contributed by atoms with Gasteiger partial charge in [-0.15, -0.1) is 0 Å². The van der Waals surface area contributed by atoms with E-state index in [-0.39, 0.29) is 12.5 Å². The zero-order chi connectivity index (χ0) is 16.2. The average molecular weight is 317 g/mol. The number of hydrogen-bond acceptors (Lipinski definition) is 4. The van der Waals surface area contributed by atoms with Crippen LogP contribution in [0.2, 0.25) is 0 Å². The van der Waals surface area contributed by atoms with Gasteiger partial charge in [0.15, 0.2) is 0 Å². The van der Waals surface area contributed by atoms with E-state index in [1.807, 2.05) is 17.9 Å². The van der Waals surface area contributed by atoms with E-state index in [1.54, 1.807) is 0 Å². The van der Waals surface area contributed by atoms with Gasteiger partial charge in [-0.05, 0) is 31.9 Å². The molecule has 0 bridgehead atoms. The molecule has 0 saturated carbocycles. The van der Waals surface area contributed by atoms with Crippen molar-refractivity contribution >= 4 is 11.6 Å². The first-order chi connectivity index (χ1) is 11.2. The van der Waals surface area contributed by atoms with Crippen LogP contribution in [0.15, 0.2) is 18.2 Å². The van der Waals surface area contributed by atoms with E-state index in [0.29, 0.717) is 6.54 Å². The van der Waals surface area contributed by atoms with Gasteiger partial charge in [0.25, 0.3) is 5.91 Å². The number of piperazine rings is 1. The smallest absolute Gasteiger partial charge is 0.256 e. The van der Waals surface area contributed by atoms with Crippen molar-refractivity contribution in [3.05, 3.63) is 29.3 Å². The second-order valence-corrected chi connectivity index (χ2v) is 6.57. The Morgan fingerprint density at radius 1 is 1.09 bits per heavy atom. The SMILES string of the molecule is Cc1ccc(N2CCCC2)c(C(=O)N2CCN(CCO)CC2)c1. The molecular formula is C18H27N3O2. The van der Waals surface area contributed by atoms with Gasteiger partial charge >= 0.3 is 0 Å². The van der Waals surface area contributed by atoms with Crippen LogP contribution in [0, 0.1) is 6.92 Å². The van der Waals surface area contributed by atoms with Crippen molar-refractivity contribution in [2.75, 3.05) is 57.3 Å². The molecule has 126 valence electrons. The molecule has 5 nitrogen and oxygen atoms in total. The van der Waals surface area contributed by atoms with Crippen molar-refractivity contribution < 1.29 is 9.90 Å². The third-order valence-corrected chi connectivity index (χ3v) is 4.90. The zero-order valence-corrected chi connectivity index (χ0v) is 14.0. The highest BCUT2D eigenvalue weighted by molar-refractivity contribution is 6.00. The molecule has 3 rings (SSSR count). The van der Waals surface area contributed by atoms with Crippen LogP contribution in [0.5, 0.6) is 0 Å². The fourth-order valence-electron chi connectivity index (χ4n) is 3.54. The van der Waals surface area contributed by atoms with Gasteiger partial charge in [0.1, 0.15) is 0 Å². The number of carbonyl (C=O) groups excluding carboxylic acids is 1. The van der Waals surface area contributed by atoms with Crippen LogP contribution in [0.3, 0.4) is 0 Å².